The van der Waals surface area contributed by atoms with Gasteiger partial charge in [0.25, 0.3) is 0 Å². The average molecular weight is 908 g/mol. The second kappa shape index (κ2) is 17.7. The SMILES string of the molecule is c1ccc(-c2ccc(-c3ccc(N(c4cccc(-c5ccc6c(c5)c(-c5ccccc5)c(-c5ccccc5)c5ccccc56)c4)c4cccc(-c5cccc6c5sc5ccccc56)c4)cc3)cc2)cc1. The van der Waals surface area contributed by atoms with Crippen molar-refractivity contribution in [2.24, 2.45) is 0 Å². The summed E-state index contributed by atoms with van der Waals surface area (Å²) < 4.78 is 2.62. The van der Waals surface area contributed by atoms with Crippen molar-refractivity contribution in [3.63, 3.8) is 0 Å². The first-order chi connectivity index (χ1) is 34.7. The van der Waals surface area contributed by atoms with Gasteiger partial charge in [-0.15, -0.1) is 11.3 Å². The Labute approximate surface area is 412 Å². The molecule has 12 aromatic carbocycles. The summed E-state index contributed by atoms with van der Waals surface area (Å²) in [7, 11) is 0. The summed E-state index contributed by atoms with van der Waals surface area (Å²) in [5, 5.41) is 7.60. The van der Waals surface area contributed by atoms with E-state index in [9.17, 15) is 0 Å². The maximum atomic E-state index is 2.42. The van der Waals surface area contributed by atoms with Crippen LogP contribution in [0.4, 0.5) is 17.1 Å². The molecular weight excluding hydrogens is 863 g/mol. The Morgan fingerprint density at radius 3 is 1.31 bits per heavy atom. The van der Waals surface area contributed by atoms with E-state index in [2.05, 4.69) is 278 Å². The number of fused-ring (bicyclic) bond motifs is 6. The highest BCUT2D eigenvalue weighted by Gasteiger charge is 2.20. The van der Waals surface area contributed by atoms with Crippen LogP contribution in [0, 0.1) is 0 Å². The molecule has 328 valence electrons. The molecule has 0 fully saturated rings. The lowest BCUT2D eigenvalue weighted by molar-refractivity contribution is 1.28. The first-order valence-corrected chi connectivity index (χ1v) is 24.8. The zero-order chi connectivity index (χ0) is 46.4. The quantitative estimate of drug-likeness (QED) is 0.130. The number of benzene rings is 12. The van der Waals surface area contributed by atoms with Gasteiger partial charge in [0, 0.05) is 37.2 Å². The zero-order valence-electron chi connectivity index (χ0n) is 38.3. The third-order valence-electron chi connectivity index (χ3n) is 13.9. The molecule has 0 N–H and O–H groups in total. The molecule has 0 bridgehead atoms. The van der Waals surface area contributed by atoms with Crippen molar-refractivity contribution in [1.29, 1.82) is 0 Å². The predicted octanol–water partition coefficient (Wildman–Crippen LogP) is 19.8. The minimum Gasteiger partial charge on any atom is -0.310 e. The fourth-order valence-electron chi connectivity index (χ4n) is 10.5. The molecule has 0 aliphatic rings. The van der Waals surface area contributed by atoms with Crippen LogP contribution >= 0.6 is 11.3 Å². The molecule has 0 radical (unpaired) electrons. The Morgan fingerprint density at radius 1 is 0.229 bits per heavy atom. The van der Waals surface area contributed by atoms with Crippen LogP contribution in [0.2, 0.25) is 0 Å². The van der Waals surface area contributed by atoms with Crippen molar-refractivity contribution in [1.82, 2.24) is 0 Å². The summed E-state index contributed by atoms with van der Waals surface area (Å²) in [6, 6.07) is 99.9. The minimum absolute atomic E-state index is 1.08. The summed E-state index contributed by atoms with van der Waals surface area (Å²) in [6.07, 6.45) is 0. The van der Waals surface area contributed by atoms with Gasteiger partial charge in [-0.05, 0) is 137 Å². The lowest BCUT2D eigenvalue weighted by atomic mass is 9.84. The van der Waals surface area contributed by atoms with Crippen LogP contribution in [-0.2, 0) is 0 Å². The molecule has 1 nitrogen and oxygen atoms in total. The molecule has 0 aliphatic carbocycles. The summed E-state index contributed by atoms with van der Waals surface area (Å²) in [6.45, 7) is 0. The third kappa shape index (κ3) is 7.43. The van der Waals surface area contributed by atoms with E-state index in [1.807, 2.05) is 11.3 Å². The van der Waals surface area contributed by atoms with Gasteiger partial charge in [-0.3, -0.25) is 0 Å². The molecule has 0 unspecified atom stereocenters. The van der Waals surface area contributed by atoms with Crippen LogP contribution in [0.1, 0.15) is 0 Å². The van der Waals surface area contributed by atoms with E-state index in [4.69, 9.17) is 0 Å². The fourth-order valence-corrected chi connectivity index (χ4v) is 11.8. The van der Waals surface area contributed by atoms with Gasteiger partial charge < -0.3 is 4.90 Å². The lowest BCUT2D eigenvalue weighted by Crippen LogP contribution is -2.10. The minimum atomic E-state index is 1.08. The Morgan fingerprint density at radius 2 is 0.657 bits per heavy atom. The highest BCUT2D eigenvalue weighted by atomic mass is 32.1. The maximum Gasteiger partial charge on any atom is 0.0467 e. The lowest BCUT2D eigenvalue weighted by Gasteiger charge is -2.27. The topological polar surface area (TPSA) is 3.24 Å². The third-order valence-corrected chi connectivity index (χ3v) is 15.1. The molecule has 0 saturated carbocycles. The molecule has 70 heavy (non-hydrogen) atoms. The van der Waals surface area contributed by atoms with E-state index in [1.54, 1.807) is 0 Å². The summed E-state index contributed by atoms with van der Waals surface area (Å²) in [4.78, 5) is 2.41. The second-order valence-corrected chi connectivity index (χ2v) is 19.0. The van der Waals surface area contributed by atoms with E-state index in [0.717, 1.165) is 22.6 Å². The summed E-state index contributed by atoms with van der Waals surface area (Å²) >= 11 is 1.88. The molecule has 13 rings (SSSR count). The highest BCUT2D eigenvalue weighted by molar-refractivity contribution is 7.26. The molecule has 0 spiro atoms. The highest BCUT2D eigenvalue weighted by Crippen LogP contribution is 2.47. The Kier molecular flexibility index (Phi) is 10.5. The van der Waals surface area contributed by atoms with E-state index >= 15 is 0 Å². The molecule has 0 atom stereocenters. The Hall–Kier alpha value is -8.82. The van der Waals surface area contributed by atoms with Crippen LogP contribution in [0.25, 0.3) is 108 Å². The first kappa shape index (κ1) is 41.4. The van der Waals surface area contributed by atoms with Gasteiger partial charge in [-0.25, -0.2) is 0 Å². The molecular formula is C68H45NS. The standard InChI is InChI=1S/C68H45NS/c1-4-17-46(18-5-1)47-33-35-48(36-34-47)49-37-40-55(41-38-49)69(57-26-15-24-54(44-57)58-30-16-31-63-61-28-12-13-32-65(61)70-68(58)63)56-25-14-23-52(43-56)53-39-42-60-59-27-10-11-29-62(59)66(50-19-6-2-7-20-50)67(64(60)45-53)51-21-8-3-9-22-51/h1-45H. The molecule has 1 aromatic heterocycles. The molecule has 0 saturated heterocycles. The molecule has 0 aliphatic heterocycles. The van der Waals surface area contributed by atoms with Gasteiger partial charge in [0.15, 0.2) is 0 Å². The van der Waals surface area contributed by atoms with Gasteiger partial charge in [-0.2, -0.15) is 0 Å². The zero-order valence-corrected chi connectivity index (χ0v) is 39.2. The number of anilines is 3. The number of hydrogen-bond acceptors (Lipinski definition) is 2. The smallest absolute Gasteiger partial charge is 0.0467 e. The van der Waals surface area contributed by atoms with Crippen molar-refractivity contribution in [3.05, 3.63) is 273 Å². The number of nitrogens with zero attached hydrogens (tertiary/aromatic N) is 1. The van der Waals surface area contributed by atoms with Gasteiger partial charge in [0.1, 0.15) is 0 Å². The van der Waals surface area contributed by atoms with Crippen LogP contribution in [0.5, 0.6) is 0 Å². The average Bonchev–Trinajstić information content (AvgIpc) is 3.83. The number of hydrogen-bond donors (Lipinski definition) is 0. The number of thiophene rings is 1. The molecule has 2 heteroatoms. The predicted molar refractivity (Wildman–Crippen MR) is 302 cm³/mol. The first-order valence-electron chi connectivity index (χ1n) is 24.0. The van der Waals surface area contributed by atoms with Gasteiger partial charge in [0.2, 0.25) is 0 Å². The van der Waals surface area contributed by atoms with Crippen molar-refractivity contribution < 1.29 is 0 Å². The normalized spacial score (nSPS) is 11.4. The van der Waals surface area contributed by atoms with Crippen LogP contribution in [-0.4, -0.2) is 0 Å². The monoisotopic (exact) mass is 907 g/mol. The maximum absolute atomic E-state index is 2.42. The van der Waals surface area contributed by atoms with Crippen LogP contribution in [0.15, 0.2) is 273 Å². The second-order valence-electron chi connectivity index (χ2n) is 18.0. The Balaban J connectivity index is 0.960. The molecule has 13 aromatic rings. The van der Waals surface area contributed by atoms with Crippen LogP contribution < -0.4 is 4.90 Å². The van der Waals surface area contributed by atoms with Crippen molar-refractivity contribution in [2.45, 2.75) is 0 Å². The van der Waals surface area contributed by atoms with E-state index in [1.165, 1.54) is 103 Å². The molecule has 1 heterocycles. The largest absolute Gasteiger partial charge is 0.310 e. The fraction of sp³-hybridized carbons (Fsp3) is 0. The summed E-state index contributed by atoms with van der Waals surface area (Å²) in [5.41, 5.74) is 17.7. The van der Waals surface area contributed by atoms with Gasteiger partial charge in [0.05, 0.1) is 0 Å². The summed E-state index contributed by atoms with van der Waals surface area (Å²) in [5.74, 6) is 0. The van der Waals surface area contributed by atoms with Crippen molar-refractivity contribution >= 4 is 70.1 Å². The van der Waals surface area contributed by atoms with Crippen molar-refractivity contribution in [3.8, 4) is 66.8 Å². The number of rotatable bonds is 9. The van der Waals surface area contributed by atoms with E-state index in [-0.39, 0.29) is 0 Å². The van der Waals surface area contributed by atoms with Gasteiger partial charge in [-0.1, -0.05) is 224 Å². The van der Waals surface area contributed by atoms with Crippen LogP contribution in [0.3, 0.4) is 0 Å². The van der Waals surface area contributed by atoms with E-state index in [0.29, 0.717) is 0 Å². The van der Waals surface area contributed by atoms with E-state index < -0.39 is 0 Å². The molecule has 0 amide bonds. The van der Waals surface area contributed by atoms with Gasteiger partial charge >= 0.3 is 0 Å². The Bertz CT molecular complexity index is 4020. The van der Waals surface area contributed by atoms with Crippen molar-refractivity contribution in [2.75, 3.05) is 4.90 Å².